The third-order valence-electron chi connectivity index (χ3n) is 3.48. The van der Waals surface area contributed by atoms with Gasteiger partial charge in [0.25, 0.3) is 0 Å². The van der Waals surface area contributed by atoms with E-state index in [1.54, 1.807) is 12.1 Å². The molecule has 0 saturated heterocycles. The number of halogens is 3. The molecule has 0 saturated carbocycles. The van der Waals surface area contributed by atoms with Gasteiger partial charge in [-0.1, -0.05) is 48.5 Å². The number of thiol groups is 1. The van der Waals surface area contributed by atoms with E-state index < -0.39 is 22.6 Å². The summed E-state index contributed by atoms with van der Waals surface area (Å²) in [6.07, 6.45) is -4.36. The zero-order valence-electron chi connectivity index (χ0n) is 12.2. The lowest BCUT2D eigenvalue weighted by atomic mass is 10.2. The summed E-state index contributed by atoms with van der Waals surface area (Å²) in [5.74, 6) is 0. The van der Waals surface area contributed by atoms with Crippen LogP contribution in [0.1, 0.15) is 5.56 Å². The van der Waals surface area contributed by atoms with Gasteiger partial charge in [-0.3, -0.25) is 0 Å². The maximum absolute atomic E-state index is 13.5. The van der Waals surface area contributed by atoms with Crippen LogP contribution < -0.4 is 0 Å². The highest BCUT2D eigenvalue weighted by Gasteiger charge is 2.34. The topological polar surface area (TPSA) is 0 Å². The van der Waals surface area contributed by atoms with Gasteiger partial charge >= 0.3 is 6.18 Å². The lowest BCUT2D eigenvalue weighted by Gasteiger charge is -2.26. The van der Waals surface area contributed by atoms with Gasteiger partial charge < -0.3 is 0 Å². The minimum Gasteiger partial charge on any atom is -0.172 e. The molecule has 0 unspecified atom stereocenters. The Morgan fingerprint density at radius 3 is 1.48 bits per heavy atom. The first kappa shape index (κ1) is 15.7. The lowest BCUT2D eigenvalue weighted by Crippen LogP contribution is -2.08. The normalized spacial score (nSPS) is 12.0. The Labute approximate surface area is 135 Å². The maximum Gasteiger partial charge on any atom is 0.417 e. The maximum atomic E-state index is 13.5. The average molecular weight is 332 g/mol. The third kappa shape index (κ3) is 3.42. The van der Waals surface area contributed by atoms with Crippen LogP contribution in [-0.4, -0.2) is 0 Å². The molecule has 4 heteroatoms. The Bertz CT molecular complexity index is 728. The fourth-order valence-corrected chi connectivity index (χ4v) is 4.96. The molecule has 0 N–H and O–H groups in total. The molecule has 118 valence electrons. The highest BCUT2D eigenvalue weighted by atomic mass is 32.2. The summed E-state index contributed by atoms with van der Waals surface area (Å²) in [6, 6.07) is 24.7. The summed E-state index contributed by atoms with van der Waals surface area (Å²) in [6.45, 7) is 0. The fourth-order valence-electron chi connectivity index (χ4n) is 2.49. The molecule has 0 spiro atoms. The smallest absolute Gasteiger partial charge is 0.172 e. The van der Waals surface area contributed by atoms with Crippen LogP contribution in [0.2, 0.25) is 0 Å². The van der Waals surface area contributed by atoms with Crippen molar-refractivity contribution in [2.75, 3.05) is 0 Å². The van der Waals surface area contributed by atoms with Crippen molar-refractivity contribution in [2.24, 2.45) is 0 Å². The second kappa shape index (κ2) is 6.50. The van der Waals surface area contributed by atoms with Gasteiger partial charge in [0.05, 0.1) is 5.56 Å². The molecule has 0 amide bonds. The van der Waals surface area contributed by atoms with Gasteiger partial charge in [0.15, 0.2) is 0 Å². The average Bonchev–Trinajstić information content (AvgIpc) is 2.57. The molecule has 0 atom stereocenters. The predicted molar refractivity (Wildman–Crippen MR) is 88.1 cm³/mol. The van der Waals surface area contributed by atoms with Gasteiger partial charge in [-0.2, -0.15) is 24.1 Å². The van der Waals surface area contributed by atoms with E-state index in [4.69, 9.17) is 0 Å². The van der Waals surface area contributed by atoms with E-state index in [1.807, 2.05) is 60.7 Å². The van der Waals surface area contributed by atoms with E-state index in [-0.39, 0.29) is 0 Å². The molecule has 0 fully saturated rings. The first-order valence-electron chi connectivity index (χ1n) is 7.14. The minimum absolute atomic E-state index is 0.340. The first-order valence-corrected chi connectivity index (χ1v) is 8.48. The Morgan fingerprint density at radius 1 is 0.565 bits per heavy atom. The zero-order valence-corrected chi connectivity index (χ0v) is 13.1. The Hall–Kier alpha value is -2.20. The van der Waals surface area contributed by atoms with Crippen molar-refractivity contribution in [1.29, 1.82) is 0 Å². The van der Waals surface area contributed by atoms with E-state index in [0.29, 0.717) is 4.90 Å². The van der Waals surface area contributed by atoms with Gasteiger partial charge in [-0.25, -0.2) is 0 Å². The van der Waals surface area contributed by atoms with Crippen LogP contribution in [0.5, 0.6) is 0 Å². The molecule has 0 bridgehead atoms. The predicted octanol–water partition coefficient (Wildman–Crippen LogP) is 6.18. The molecular weight excluding hydrogens is 317 g/mol. The molecule has 0 aliphatic rings. The summed E-state index contributed by atoms with van der Waals surface area (Å²) < 4.78 is 40.4. The van der Waals surface area contributed by atoms with Crippen molar-refractivity contribution in [2.45, 2.75) is 20.9 Å². The molecule has 3 aromatic rings. The fraction of sp³-hybridized carbons (Fsp3) is 0.0526. The van der Waals surface area contributed by atoms with Crippen molar-refractivity contribution in [1.82, 2.24) is 0 Å². The van der Waals surface area contributed by atoms with E-state index in [0.717, 1.165) is 15.9 Å². The molecular formula is C19H15F3S. The largest absolute Gasteiger partial charge is 0.417 e. The van der Waals surface area contributed by atoms with Crippen molar-refractivity contribution < 1.29 is 13.2 Å². The molecule has 0 aliphatic carbocycles. The Balaban J connectivity index is 2.22. The SMILES string of the molecule is FC(F)(F)c1ccccc1[SH](c1ccccc1)c1ccccc1. The third-order valence-corrected chi connectivity index (χ3v) is 5.98. The molecule has 3 aromatic carbocycles. The quantitative estimate of drug-likeness (QED) is 0.544. The van der Waals surface area contributed by atoms with Crippen LogP contribution in [0.4, 0.5) is 13.2 Å². The summed E-state index contributed by atoms with van der Waals surface area (Å²) in [5, 5.41) is 0. The Kier molecular flexibility index (Phi) is 4.44. The van der Waals surface area contributed by atoms with E-state index in [9.17, 15) is 13.2 Å². The lowest BCUT2D eigenvalue weighted by molar-refractivity contribution is -0.139. The minimum atomic E-state index is -4.36. The number of hydrogen-bond acceptors (Lipinski definition) is 0. The van der Waals surface area contributed by atoms with E-state index >= 15 is 0 Å². The monoisotopic (exact) mass is 332 g/mol. The number of benzene rings is 3. The van der Waals surface area contributed by atoms with Crippen LogP contribution in [0.3, 0.4) is 0 Å². The van der Waals surface area contributed by atoms with Gasteiger partial charge in [-0.05, 0) is 46.2 Å². The van der Waals surface area contributed by atoms with Crippen molar-refractivity contribution >= 4 is 10.9 Å². The summed E-state index contributed by atoms with van der Waals surface area (Å²) >= 11 is 0. The zero-order chi connectivity index (χ0) is 16.3. The van der Waals surface area contributed by atoms with Crippen LogP contribution in [0.25, 0.3) is 0 Å². The molecule has 0 heterocycles. The second-order valence-corrected chi connectivity index (χ2v) is 7.21. The number of hydrogen-bond donors (Lipinski definition) is 1. The van der Waals surface area contributed by atoms with Crippen LogP contribution in [-0.2, 0) is 6.18 Å². The van der Waals surface area contributed by atoms with Gasteiger partial charge in [-0.15, -0.1) is 0 Å². The highest BCUT2D eigenvalue weighted by molar-refractivity contribution is 8.17. The van der Waals surface area contributed by atoms with Gasteiger partial charge in [0.2, 0.25) is 0 Å². The van der Waals surface area contributed by atoms with Crippen molar-refractivity contribution in [3.63, 3.8) is 0 Å². The number of rotatable bonds is 3. The molecule has 3 rings (SSSR count). The summed E-state index contributed by atoms with van der Waals surface area (Å²) in [4.78, 5) is 2.16. The van der Waals surface area contributed by atoms with Crippen molar-refractivity contribution in [3.05, 3.63) is 90.5 Å². The summed E-state index contributed by atoms with van der Waals surface area (Å²) in [7, 11) is -1.25. The second-order valence-electron chi connectivity index (χ2n) is 5.02. The standard InChI is InChI=1S/C19H15F3S/c20-19(21,22)17-13-7-8-14-18(17)23(15-9-3-1-4-10-15)16-11-5-2-6-12-16/h1-14,23H. The van der Waals surface area contributed by atoms with E-state index in [2.05, 4.69) is 0 Å². The Morgan fingerprint density at radius 2 is 1.00 bits per heavy atom. The molecule has 0 nitrogen and oxygen atoms in total. The van der Waals surface area contributed by atoms with E-state index in [1.165, 1.54) is 6.07 Å². The van der Waals surface area contributed by atoms with Gasteiger partial charge in [0, 0.05) is 4.90 Å². The summed E-state index contributed by atoms with van der Waals surface area (Å²) in [5.41, 5.74) is -0.557. The molecule has 23 heavy (non-hydrogen) atoms. The molecule has 0 aromatic heterocycles. The van der Waals surface area contributed by atoms with Gasteiger partial charge in [0.1, 0.15) is 0 Å². The van der Waals surface area contributed by atoms with Crippen LogP contribution in [0.15, 0.2) is 99.6 Å². The van der Waals surface area contributed by atoms with Crippen LogP contribution >= 0.6 is 10.9 Å². The molecule has 0 aliphatic heterocycles. The first-order chi connectivity index (χ1) is 11.1. The highest BCUT2D eigenvalue weighted by Crippen LogP contribution is 2.54. The van der Waals surface area contributed by atoms with Crippen LogP contribution in [0, 0.1) is 0 Å². The van der Waals surface area contributed by atoms with Crippen molar-refractivity contribution in [3.8, 4) is 0 Å². The molecule has 0 radical (unpaired) electrons. The number of alkyl halides is 3.